The van der Waals surface area contributed by atoms with E-state index in [-0.39, 0.29) is 23.9 Å². The summed E-state index contributed by atoms with van der Waals surface area (Å²) in [6, 6.07) is 7.68. The molecule has 0 aromatic heterocycles. The molecule has 0 saturated heterocycles. The number of hydrogen-bond acceptors (Lipinski definition) is 2. The normalized spacial score (nSPS) is 14.8. The summed E-state index contributed by atoms with van der Waals surface area (Å²) >= 11 is 0. The van der Waals surface area contributed by atoms with Gasteiger partial charge in [0.1, 0.15) is 5.78 Å². The van der Waals surface area contributed by atoms with Crippen molar-refractivity contribution in [2.24, 2.45) is 11.8 Å². The van der Waals surface area contributed by atoms with Gasteiger partial charge in [0.25, 0.3) is 0 Å². The van der Waals surface area contributed by atoms with Crippen molar-refractivity contribution in [2.45, 2.75) is 39.5 Å². The maximum Gasteiger partial charge on any atom is 0.170 e. The number of rotatable bonds is 6. The van der Waals surface area contributed by atoms with Crippen LogP contribution in [0.4, 0.5) is 0 Å². The van der Waals surface area contributed by atoms with Gasteiger partial charge in [0.15, 0.2) is 5.78 Å². The molecule has 0 bridgehead atoms. The third kappa shape index (κ3) is 3.52. The molecular weight excluding hydrogens is 224 g/mol. The van der Waals surface area contributed by atoms with Crippen LogP contribution < -0.4 is 0 Å². The zero-order valence-electron chi connectivity index (χ0n) is 11.1. The van der Waals surface area contributed by atoms with Crippen molar-refractivity contribution in [1.29, 1.82) is 0 Å². The average Bonchev–Trinajstić information content (AvgIpc) is 3.12. The van der Waals surface area contributed by atoms with Crippen molar-refractivity contribution in [3.8, 4) is 0 Å². The van der Waals surface area contributed by atoms with Crippen molar-refractivity contribution in [2.75, 3.05) is 0 Å². The maximum atomic E-state index is 11.9. The smallest absolute Gasteiger partial charge is 0.170 e. The van der Waals surface area contributed by atoms with E-state index in [1.165, 1.54) is 5.56 Å². The molecule has 0 spiro atoms. The third-order valence-electron chi connectivity index (χ3n) is 3.29. The fourth-order valence-electron chi connectivity index (χ4n) is 2.11. The minimum absolute atomic E-state index is 0.0389. The molecule has 0 heterocycles. The molecule has 2 rings (SSSR count). The molecule has 96 valence electrons. The number of carbonyl (C=O) groups is 2. The van der Waals surface area contributed by atoms with Crippen LogP contribution in [-0.2, 0) is 11.2 Å². The predicted octanol–water partition coefficient (Wildman–Crippen LogP) is 3.44. The lowest BCUT2D eigenvalue weighted by molar-refractivity contribution is -0.119. The molecule has 1 aliphatic rings. The lowest BCUT2D eigenvalue weighted by Crippen LogP contribution is -2.09. The Balaban J connectivity index is 1.95. The number of ketones is 2. The van der Waals surface area contributed by atoms with E-state index in [0.29, 0.717) is 11.5 Å². The van der Waals surface area contributed by atoms with E-state index >= 15 is 0 Å². The van der Waals surface area contributed by atoms with Crippen molar-refractivity contribution in [3.05, 3.63) is 35.4 Å². The largest absolute Gasteiger partial charge is 0.299 e. The number of benzene rings is 1. The van der Waals surface area contributed by atoms with E-state index in [0.717, 1.165) is 19.3 Å². The number of hydrogen-bond donors (Lipinski definition) is 0. The fraction of sp³-hybridized carbons (Fsp3) is 0.500. The van der Waals surface area contributed by atoms with Gasteiger partial charge in [0.05, 0.1) is 6.42 Å². The highest BCUT2D eigenvalue weighted by Crippen LogP contribution is 2.31. The molecule has 1 saturated carbocycles. The fourth-order valence-corrected chi connectivity index (χ4v) is 2.11. The molecule has 1 aliphatic carbocycles. The van der Waals surface area contributed by atoms with Crippen LogP contribution in [0.5, 0.6) is 0 Å². The summed E-state index contributed by atoms with van der Waals surface area (Å²) in [5, 5.41) is 0. The molecular formula is C16H20O2. The molecule has 0 aliphatic heterocycles. The van der Waals surface area contributed by atoms with Gasteiger partial charge in [0, 0.05) is 11.5 Å². The first kappa shape index (κ1) is 13.0. The van der Waals surface area contributed by atoms with Gasteiger partial charge < -0.3 is 0 Å². The van der Waals surface area contributed by atoms with Gasteiger partial charge in [-0.25, -0.2) is 0 Å². The van der Waals surface area contributed by atoms with Crippen LogP contribution in [-0.4, -0.2) is 11.6 Å². The van der Waals surface area contributed by atoms with Crippen LogP contribution in [0.15, 0.2) is 24.3 Å². The van der Waals surface area contributed by atoms with Crippen LogP contribution in [0, 0.1) is 11.8 Å². The van der Waals surface area contributed by atoms with Crippen LogP contribution in [0.2, 0.25) is 0 Å². The summed E-state index contributed by atoms with van der Waals surface area (Å²) in [4.78, 5) is 23.5. The van der Waals surface area contributed by atoms with Gasteiger partial charge >= 0.3 is 0 Å². The van der Waals surface area contributed by atoms with Gasteiger partial charge in [-0.15, -0.1) is 0 Å². The van der Waals surface area contributed by atoms with Crippen molar-refractivity contribution in [3.63, 3.8) is 0 Å². The molecule has 0 amide bonds. The minimum atomic E-state index is -0.0389. The summed E-state index contributed by atoms with van der Waals surface area (Å²) < 4.78 is 0. The first-order valence-corrected chi connectivity index (χ1v) is 6.71. The standard InChI is InChI=1S/C16H20O2/c1-11(2)9-12-3-5-13(6-4-12)15(17)10-16(18)14-7-8-14/h3-6,11,14H,7-10H2,1-2H3. The highest BCUT2D eigenvalue weighted by atomic mass is 16.1. The lowest BCUT2D eigenvalue weighted by atomic mass is 9.99. The van der Waals surface area contributed by atoms with E-state index in [1.54, 1.807) is 0 Å². The third-order valence-corrected chi connectivity index (χ3v) is 3.29. The molecule has 1 fully saturated rings. The molecule has 18 heavy (non-hydrogen) atoms. The summed E-state index contributed by atoms with van der Waals surface area (Å²) in [6.07, 6.45) is 3.04. The quantitative estimate of drug-likeness (QED) is 0.567. The lowest BCUT2D eigenvalue weighted by Gasteiger charge is -2.06. The van der Waals surface area contributed by atoms with Crippen LogP contribution in [0.1, 0.15) is 49.0 Å². The Hall–Kier alpha value is -1.44. The van der Waals surface area contributed by atoms with Gasteiger partial charge in [0.2, 0.25) is 0 Å². The van der Waals surface area contributed by atoms with Crippen molar-refractivity contribution in [1.82, 2.24) is 0 Å². The second-order valence-corrected chi connectivity index (χ2v) is 5.64. The van der Waals surface area contributed by atoms with E-state index < -0.39 is 0 Å². The second kappa shape index (κ2) is 5.47. The van der Waals surface area contributed by atoms with E-state index in [9.17, 15) is 9.59 Å². The van der Waals surface area contributed by atoms with Gasteiger partial charge in [-0.05, 0) is 30.7 Å². The number of carbonyl (C=O) groups excluding carboxylic acids is 2. The molecule has 0 unspecified atom stereocenters. The molecule has 1 aromatic carbocycles. The molecule has 0 radical (unpaired) electrons. The van der Waals surface area contributed by atoms with E-state index in [4.69, 9.17) is 0 Å². The van der Waals surface area contributed by atoms with Crippen molar-refractivity contribution >= 4 is 11.6 Å². The first-order valence-electron chi connectivity index (χ1n) is 6.71. The Kier molecular flexibility index (Phi) is 3.95. The summed E-state index contributed by atoms with van der Waals surface area (Å²) in [7, 11) is 0. The molecule has 1 aromatic rings. The van der Waals surface area contributed by atoms with Gasteiger partial charge in [-0.3, -0.25) is 9.59 Å². The molecule has 2 nitrogen and oxygen atoms in total. The Morgan fingerprint density at radius 3 is 2.28 bits per heavy atom. The Morgan fingerprint density at radius 1 is 1.17 bits per heavy atom. The van der Waals surface area contributed by atoms with E-state index in [1.807, 2.05) is 24.3 Å². The Bertz CT molecular complexity index is 439. The molecule has 0 N–H and O–H groups in total. The van der Waals surface area contributed by atoms with Gasteiger partial charge in [-0.2, -0.15) is 0 Å². The Labute approximate surface area is 108 Å². The van der Waals surface area contributed by atoms with Crippen LogP contribution in [0.3, 0.4) is 0 Å². The molecule has 0 atom stereocenters. The maximum absolute atomic E-state index is 11.9. The Morgan fingerprint density at radius 2 is 1.78 bits per heavy atom. The summed E-state index contributed by atoms with van der Waals surface area (Å²) in [5.74, 6) is 0.867. The predicted molar refractivity (Wildman–Crippen MR) is 71.7 cm³/mol. The highest BCUT2D eigenvalue weighted by Gasteiger charge is 2.30. The van der Waals surface area contributed by atoms with E-state index in [2.05, 4.69) is 13.8 Å². The average molecular weight is 244 g/mol. The summed E-state index contributed by atoms with van der Waals surface area (Å²) in [6.45, 7) is 4.35. The topological polar surface area (TPSA) is 34.1 Å². The monoisotopic (exact) mass is 244 g/mol. The highest BCUT2D eigenvalue weighted by molar-refractivity contribution is 6.09. The first-order chi connectivity index (χ1) is 8.56. The zero-order valence-corrected chi connectivity index (χ0v) is 11.1. The van der Waals surface area contributed by atoms with Crippen molar-refractivity contribution < 1.29 is 9.59 Å². The number of Topliss-reactive ketones (excluding diaryl/α,β-unsaturated/α-hetero) is 2. The van der Waals surface area contributed by atoms with Crippen LogP contribution >= 0.6 is 0 Å². The SMILES string of the molecule is CC(C)Cc1ccc(C(=O)CC(=O)C2CC2)cc1. The van der Waals surface area contributed by atoms with Gasteiger partial charge in [-0.1, -0.05) is 38.1 Å². The minimum Gasteiger partial charge on any atom is -0.299 e. The second-order valence-electron chi connectivity index (χ2n) is 5.64. The zero-order chi connectivity index (χ0) is 13.1. The molecule has 2 heteroatoms. The van der Waals surface area contributed by atoms with Crippen LogP contribution in [0.25, 0.3) is 0 Å². The summed E-state index contributed by atoms with van der Waals surface area (Å²) in [5.41, 5.74) is 1.91.